The van der Waals surface area contributed by atoms with Gasteiger partial charge in [0.1, 0.15) is 0 Å². The zero-order chi connectivity index (χ0) is 14.7. The highest BCUT2D eigenvalue weighted by atomic mass is 16.3. The molecule has 1 heteroatoms. The van der Waals surface area contributed by atoms with Gasteiger partial charge in [0.25, 0.3) is 0 Å². The van der Waals surface area contributed by atoms with Crippen LogP contribution in [0.3, 0.4) is 0 Å². The molecule has 0 aliphatic carbocycles. The first kappa shape index (κ1) is 13.6. The van der Waals surface area contributed by atoms with E-state index in [9.17, 15) is 5.11 Å². The summed E-state index contributed by atoms with van der Waals surface area (Å²) in [6.07, 6.45) is 0. The zero-order valence-corrected chi connectivity index (χ0v) is 12.1. The molecule has 3 aromatic carbocycles. The number of hydrogen-bond donors (Lipinski definition) is 1. The van der Waals surface area contributed by atoms with Gasteiger partial charge in [-0.05, 0) is 40.8 Å². The zero-order valence-electron chi connectivity index (χ0n) is 12.1. The van der Waals surface area contributed by atoms with Gasteiger partial charge >= 0.3 is 0 Å². The molecule has 104 valence electrons. The van der Waals surface area contributed by atoms with Crippen molar-refractivity contribution in [2.75, 3.05) is 0 Å². The molecule has 0 radical (unpaired) electrons. The van der Waals surface area contributed by atoms with E-state index in [-0.39, 0.29) is 6.61 Å². The Hall–Kier alpha value is -2.38. The minimum Gasteiger partial charge on any atom is -0.392 e. The minimum atomic E-state index is 0.0698. The lowest BCUT2D eigenvalue weighted by molar-refractivity contribution is 0.282. The summed E-state index contributed by atoms with van der Waals surface area (Å²) in [5.41, 5.74) is 6.95. The molecular formula is C20H18O. The second-order valence-electron chi connectivity index (χ2n) is 5.27. The van der Waals surface area contributed by atoms with E-state index in [0.29, 0.717) is 0 Å². The van der Waals surface area contributed by atoms with Gasteiger partial charge in [0, 0.05) is 0 Å². The van der Waals surface area contributed by atoms with E-state index in [1.165, 1.54) is 22.3 Å². The molecule has 0 bridgehead atoms. The predicted molar refractivity (Wildman–Crippen MR) is 88.0 cm³/mol. The smallest absolute Gasteiger partial charge is 0.0682 e. The lowest BCUT2D eigenvalue weighted by Crippen LogP contribution is -1.89. The first-order valence-electron chi connectivity index (χ1n) is 7.14. The van der Waals surface area contributed by atoms with Gasteiger partial charge in [0.2, 0.25) is 0 Å². The summed E-state index contributed by atoms with van der Waals surface area (Å²) >= 11 is 0. The maximum Gasteiger partial charge on any atom is 0.0682 e. The summed E-state index contributed by atoms with van der Waals surface area (Å²) < 4.78 is 0. The van der Waals surface area contributed by atoms with Crippen LogP contribution >= 0.6 is 0 Å². The second-order valence-corrected chi connectivity index (χ2v) is 5.27. The standard InChI is InChI=1S/C20H18O/c1-15-10-11-19(17-7-3-2-4-8-17)20(12-15)18-9-5-6-16(13-18)14-21/h2-13,21H,14H2,1H3. The first-order chi connectivity index (χ1) is 10.3. The maximum absolute atomic E-state index is 9.35. The Morgan fingerprint density at radius 3 is 2.24 bits per heavy atom. The Morgan fingerprint density at radius 1 is 0.714 bits per heavy atom. The van der Waals surface area contributed by atoms with Crippen molar-refractivity contribution < 1.29 is 5.11 Å². The van der Waals surface area contributed by atoms with Crippen molar-refractivity contribution >= 4 is 0 Å². The van der Waals surface area contributed by atoms with Gasteiger partial charge in [-0.15, -0.1) is 0 Å². The van der Waals surface area contributed by atoms with Crippen molar-refractivity contribution in [1.82, 2.24) is 0 Å². The number of hydrogen-bond acceptors (Lipinski definition) is 1. The van der Waals surface area contributed by atoms with Crippen LogP contribution in [0.15, 0.2) is 72.8 Å². The molecule has 0 spiro atoms. The van der Waals surface area contributed by atoms with Crippen LogP contribution in [-0.2, 0) is 6.61 Å². The highest BCUT2D eigenvalue weighted by Gasteiger charge is 2.08. The second kappa shape index (κ2) is 5.94. The van der Waals surface area contributed by atoms with Crippen molar-refractivity contribution in [2.24, 2.45) is 0 Å². The fraction of sp³-hybridized carbons (Fsp3) is 0.100. The molecule has 0 saturated heterocycles. The van der Waals surface area contributed by atoms with Crippen molar-refractivity contribution in [3.05, 3.63) is 83.9 Å². The summed E-state index contributed by atoms with van der Waals surface area (Å²) in [6, 6.07) is 25.0. The molecule has 0 heterocycles. The SMILES string of the molecule is Cc1ccc(-c2ccccc2)c(-c2cccc(CO)c2)c1. The molecule has 0 aliphatic heterocycles. The largest absolute Gasteiger partial charge is 0.392 e. The molecule has 3 rings (SSSR count). The van der Waals surface area contributed by atoms with Crippen LogP contribution in [-0.4, -0.2) is 5.11 Å². The summed E-state index contributed by atoms with van der Waals surface area (Å²) in [5, 5.41) is 9.35. The highest BCUT2D eigenvalue weighted by molar-refractivity contribution is 5.84. The average molecular weight is 274 g/mol. The van der Waals surface area contributed by atoms with Crippen molar-refractivity contribution in [3.8, 4) is 22.3 Å². The fourth-order valence-electron chi connectivity index (χ4n) is 2.60. The lowest BCUT2D eigenvalue weighted by atomic mass is 9.92. The van der Waals surface area contributed by atoms with E-state index in [1.54, 1.807) is 0 Å². The minimum absolute atomic E-state index is 0.0698. The quantitative estimate of drug-likeness (QED) is 0.726. The topological polar surface area (TPSA) is 20.2 Å². The first-order valence-corrected chi connectivity index (χ1v) is 7.14. The van der Waals surface area contributed by atoms with E-state index in [0.717, 1.165) is 11.1 Å². The van der Waals surface area contributed by atoms with E-state index >= 15 is 0 Å². The highest BCUT2D eigenvalue weighted by Crippen LogP contribution is 2.33. The van der Waals surface area contributed by atoms with Crippen LogP contribution in [0.1, 0.15) is 11.1 Å². The molecule has 0 unspecified atom stereocenters. The molecular weight excluding hydrogens is 256 g/mol. The summed E-state index contributed by atoms with van der Waals surface area (Å²) in [7, 11) is 0. The third-order valence-electron chi connectivity index (χ3n) is 3.68. The van der Waals surface area contributed by atoms with E-state index in [4.69, 9.17) is 0 Å². The van der Waals surface area contributed by atoms with Crippen LogP contribution in [0.4, 0.5) is 0 Å². The maximum atomic E-state index is 9.35. The summed E-state index contributed by atoms with van der Waals surface area (Å²) in [6.45, 7) is 2.18. The Morgan fingerprint density at radius 2 is 1.48 bits per heavy atom. The van der Waals surface area contributed by atoms with Gasteiger partial charge in [0.05, 0.1) is 6.61 Å². The Bertz CT molecular complexity index is 745. The van der Waals surface area contributed by atoms with E-state index in [1.807, 2.05) is 18.2 Å². The molecule has 0 amide bonds. The molecule has 0 fully saturated rings. The van der Waals surface area contributed by atoms with E-state index < -0.39 is 0 Å². The Balaban J connectivity index is 2.19. The number of aryl methyl sites for hydroxylation is 1. The van der Waals surface area contributed by atoms with Crippen LogP contribution in [0.2, 0.25) is 0 Å². The molecule has 21 heavy (non-hydrogen) atoms. The number of benzene rings is 3. The Labute approximate surface area is 125 Å². The van der Waals surface area contributed by atoms with Crippen LogP contribution in [0.5, 0.6) is 0 Å². The molecule has 1 N–H and O–H groups in total. The van der Waals surface area contributed by atoms with Crippen molar-refractivity contribution in [2.45, 2.75) is 13.5 Å². The molecule has 0 atom stereocenters. The van der Waals surface area contributed by atoms with Gasteiger partial charge in [-0.25, -0.2) is 0 Å². The fourth-order valence-corrected chi connectivity index (χ4v) is 2.60. The molecule has 0 aliphatic rings. The van der Waals surface area contributed by atoms with Crippen molar-refractivity contribution in [1.29, 1.82) is 0 Å². The monoisotopic (exact) mass is 274 g/mol. The van der Waals surface area contributed by atoms with Gasteiger partial charge in [0.15, 0.2) is 0 Å². The van der Waals surface area contributed by atoms with Crippen molar-refractivity contribution in [3.63, 3.8) is 0 Å². The molecule has 0 saturated carbocycles. The summed E-state index contributed by atoms with van der Waals surface area (Å²) in [4.78, 5) is 0. The average Bonchev–Trinajstić information content (AvgIpc) is 2.55. The van der Waals surface area contributed by atoms with Gasteiger partial charge in [-0.3, -0.25) is 0 Å². The lowest BCUT2D eigenvalue weighted by Gasteiger charge is -2.12. The normalized spacial score (nSPS) is 10.6. The molecule has 1 nitrogen and oxygen atoms in total. The van der Waals surface area contributed by atoms with E-state index in [2.05, 4.69) is 61.5 Å². The van der Waals surface area contributed by atoms with Gasteiger partial charge < -0.3 is 5.11 Å². The van der Waals surface area contributed by atoms with Crippen LogP contribution < -0.4 is 0 Å². The summed E-state index contributed by atoms with van der Waals surface area (Å²) in [5.74, 6) is 0. The molecule has 3 aromatic rings. The number of rotatable bonds is 3. The number of aliphatic hydroxyl groups is 1. The van der Waals surface area contributed by atoms with Gasteiger partial charge in [-0.1, -0.05) is 72.3 Å². The predicted octanol–water partition coefficient (Wildman–Crippen LogP) is 4.82. The third kappa shape index (κ3) is 2.88. The Kier molecular flexibility index (Phi) is 3.85. The third-order valence-corrected chi connectivity index (χ3v) is 3.68. The van der Waals surface area contributed by atoms with Crippen LogP contribution in [0, 0.1) is 6.92 Å². The number of aliphatic hydroxyl groups excluding tert-OH is 1. The van der Waals surface area contributed by atoms with Gasteiger partial charge in [-0.2, -0.15) is 0 Å². The molecule has 0 aromatic heterocycles. The van der Waals surface area contributed by atoms with Crippen LogP contribution in [0.25, 0.3) is 22.3 Å².